The molecule has 0 aliphatic carbocycles. The Labute approximate surface area is 249 Å². The second kappa shape index (κ2) is 11.8. The molecule has 1 fully saturated rings. The van der Waals surface area contributed by atoms with Gasteiger partial charge in [-0.2, -0.15) is 0 Å². The largest absolute Gasteiger partial charge is 0.371 e. The molecule has 0 spiro atoms. The van der Waals surface area contributed by atoms with E-state index < -0.39 is 0 Å². The lowest BCUT2D eigenvalue weighted by Crippen LogP contribution is -2.36. The van der Waals surface area contributed by atoms with Crippen molar-refractivity contribution in [3.8, 4) is 11.5 Å². The van der Waals surface area contributed by atoms with Crippen LogP contribution in [-0.4, -0.2) is 48.9 Å². The molecule has 43 heavy (non-hydrogen) atoms. The third-order valence-electron chi connectivity index (χ3n) is 7.27. The van der Waals surface area contributed by atoms with E-state index >= 15 is 0 Å². The number of carbonyl (C=O) groups excluding carboxylic acids is 1. The van der Waals surface area contributed by atoms with E-state index in [9.17, 15) is 4.79 Å². The van der Waals surface area contributed by atoms with Gasteiger partial charge in [-0.25, -0.2) is 9.97 Å². The molecule has 0 atom stereocenters. The number of fused-ring (bicyclic) bond motifs is 2. The summed E-state index contributed by atoms with van der Waals surface area (Å²) in [7, 11) is 0. The molecule has 1 aliphatic heterocycles. The van der Waals surface area contributed by atoms with Gasteiger partial charge in [0, 0.05) is 54.9 Å². The standard InChI is InChI=1S/C31H27N9O.C2H6/c1-19-14-23(8-10-32-19)40(20(2)41)24-16-29-30(35-18-24)38-31(37-29)28-6-4-21(17-34-28)36-27-9-11-33-26-7-5-22(15-25(26)27)39-12-3-13-39;1-2/h4-11,14-18H,3,12-13H2,1-2H3,(H,33,36)(H,35,37,38);1-2H3. The highest BCUT2D eigenvalue weighted by Gasteiger charge is 2.18. The summed E-state index contributed by atoms with van der Waals surface area (Å²) in [4.78, 5) is 42.4. The molecule has 1 saturated heterocycles. The van der Waals surface area contributed by atoms with Crippen molar-refractivity contribution in [2.45, 2.75) is 34.1 Å². The summed E-state index contributed by atoms with van der Waals surface area (Å²) in [6.07, 6.45) is 8.17. The van der Waals surface area contributed by atoms with Gasteiger partial charge in [0.1, 0.15) is 5.69 Å². The third kappa shape index (κ3) is 5.59. The number of aromatic amines is 1. The molecule has 0 radical (unpaired) electrons. The predicted molar refractivity (Wildman–Crippen MR) is 172 cm³/mol. The van der Waals surface area contributed by atoms with Crippen LogP contribution in [0.4, 0.5) is 28.4 Å². The van der Waals surface area contributed by atoms with E-state index in [1.54, 1.807) is 29.6 Å². The third-order valence-corrected chi connectivity index (χ3v) is 7.27. The molecule has 7 rings (SSSR count). The molecule has 5 aromatic heterocycles. The van der Waals surface area contributed by atoms with Gasteiger partial charge in [-0.3, -0.25) is 24.6 Å². The van der Waals surface area contributed by atoms with E-state index in [0.717, 1.165) is 46.7 Å². The summed E-state index contributed by atoms with van der Waals surface area (Å²) in [5.41, 5.74) is 8.13. The Hall–Kier alpha value is -5.38. The van der Waals surface area contributed by atoms with Crippen LogP contribution >= 0.6 is 0 Å². The first-order chi connectivity index (χ1) is 21.0. The lowest BCUT2D eigenvalue weighted by molar-refractivity contribution is -0.115. The summed E-state index contributed by atoms with van der Waals surface area (Å²) in [6.45, 7) is 9.61. The van der Waals surface area contributed by atoms with Gasteiger partial charge in [-0.1, -0.05) is 13.8 Å². The van der Waals surface area contributed by atoms with Crippen molar-refractivity contribution in [3.05, 3.63) is 85.1 Å². The Morgan fingerprint density at radius 3 is 2.47 bits per heavy atom. The summed E-state index contributed by atoms with van der Waals surface area (Å²) < 4.78 is 0. The number of H-pyrrole nitrogens is 1. The SMILES string of the molecule is CC.CC(=O)N(c1ccnc(C)c1)c1cnc2nc(-c3ccc(Nc4ccnc5ccc(N6CCC6)cc45)cn3)[nH]c2c1. The fourth-order valence-corrected chi connectivity index (χ4v) is 5.09. The summed E-state index contributed by atoms with van der Waals surface area (Å²) in [5.74, 6) is 0.471. The van der Waals surface area contributed by atoms with E-state index in [1.807, 2.05) is 57.3 Å². The number of hydrogen-bond acceptors (Lipinski definition) is 8. The molecule has 0 bridgehead atoms. The van der Waals surface area contributed by atoms with E-state index in [1.165, 1.54) is 19.0 Å². The van der Waals surface area contributed by atoms with Crippen LogP contribution in [0.3, 0.4) is 0 Å². The quantitative estimate of drug-likeness (QED) is 0.221. The first-order valence-corrected chi connectivity index (χ1v) is 14.5. The number of pyridine rings is 4. The second-order valence-electron chi connectivity index (χ2n) is 10.1. The number of nitrogens with one attached hydrogen (secondary N) is 2. The van der Waals surface area contributed by atoms with E-state index in [-0.39, 0.29) is 5.91 Å². The summed E-state index contributed by atoms with van der Waals surface area (Å²) in [6, 6.07) is 17.8. The molecule has 2 N–H and O–H groups in total. The zero-order valence-electron chi connectivity index (χ0n) is 24.7. The van der Waals surface area contributed by atoms with Gasteiger partial charge in [-0.05, 0) is 67.9 Å². The number of aryl methyl sites for hydroxylation is 1. The summed E-state index contributed by atoms with van der Waals surface area (Å²) >= 11 is 0. The van der Waals surface area contributed by atoms with Crippen molar-refractivity contribution in [1.29, 1.82) is 0 Å². The highest BCUT2D eigenvalue weighted by molar-refractivity contribution is 6.00. The topological polar surface area (TPSA) is 116 Å². The molecule has 216 valence electrons. The van der Waals surface area contributed by atoms with Crippen LogP contribution in [-0.2, 0) is 4.79 Å². The maximum Gasteiger partial charge on any atom is 0.228 e. The Kier molecular flexibility index (Phi) is 7.65. The Balaban J connectivity index is 0.00000161. The fraction of sp³-hybridized carbons (Fsp3) is 0.212. The molecule has 6 aromatic rings. The molecule has 10 heteroatoms. The normalized spacial score (nSPS) is 12.4. The number of nitrogens with zero attached hydrogens (tertiary/aromatic N) is 7. The number of amides is 1. The van der Waals surface area contributed by atoms with Crippen LogP contribution in [0.5, 0.6) is 0 Å². The molecule has 0 saturated carbocycles. The number of hydrogen-bond donors (Lipinski definition) is 2. The number of imidazole rings is 1. The minimum atomic E-state index is -0.125. The van der Waals surface area contributed by atoms with Crippen molar-refractivity contribution in [3.63, 3.8) is 0 Å². The molecular weight excluding hydrogens is 538 g/mol. The average Bonchev–Trinajstić information content (AvgIpc) is 3.42. The minimum absolute atomic E-state index is 0.125. The van der Waals surface area contributed by atoms with Crippen LogP contribution in [0.25, 0.3) is 33.6 Å². The highest BCUT2D eigenvalue weighted by atomic mass is 16.2. The van der Waals surface area contributed by atoms with E-state index in [4.69, 9.17) is 0 Å². The fourth-order valence-electron chi connectivity index (χ4n) is 5.09. The molecule has 6 heterocycles. The first-order valence-electron chi connectivity index (χ1n) is 14.5. The van der Waals surface area contributed by atoms with Crippen molar-refractivity contribution >= 4 is 56.4 Å². The van der Waals surface area contributed by atoms with E-state index in [2.05, 4.69) is 58.3 Å². The second-order valence-corrected chi connectivity index (χ2v) is 10.1. The minimum Gasteiger partial charge on any atom is -0.371 e. The zero-order valence-corrected chi connectivity index (χ0v) is 24.7. The average molecular weight is 572 g/mol. The lowest BCUT2D eigenvalue weighted by atomic mass is 10.1. The molecular formula is C33H33N9O. The number of rotatable bonds is 6. The van der Waals surface area contributed by atoms with Gasteiger partial charge in [0.2, 0.25) is 5.91 Å². The number of carbonyl (C=O) groups is 1. The van der Waals surface area contributed by atoms with E-state index in [0.29, 0.717) is 28.4 Å². The van der Waals surface area contributed by atoms with Gasteiger partial charge in [-0.15, -0.1) is 0 Å². The maximum absolute atomic E-state index is 12.5. The molecule has 10 nitrogen and oxygen atoms in total. The van der Waals surface area contributed by atoms with Gasteiger partial charge < -0.3 is 15.2 Å². The Morgan fingerprint density at radius 2 is 1.74 bits per heavy atom. The van der Waals surface area contributed by atoms with Crippen molar-refractivity contribution < 1.29 is 4.79 Å². The molecule has 1 aromatic carbocycles. The molecule has 1 aliphatic rings. The van der Waals surface area contributed by atoms with Gasteiger partial charge in [0.05, 0.1) is 40.5 Å². The van der Waals surface area contributed by atoms with Crippen LogP contribution in [0.15, 0.2) is 79.4 Å². The number of benzene rings is 1. The van der Waals surface area contributed by atoms with Crippen molar-refractivity contribution in [1.82, 2.24) is 29.9 Å². The van der Waals surface area contributed by atoms with Crippen LogP contribution in [0.1, 0.15) is 32.9 Å². The molecule has 1 amide bonds. The van der Waals surface area contributed by atoms with Crippen LogP contribution in [0, 0.1) is 6.92 Å². The van der Waals surface area contributed by atoms with Gasteiger partial charge in [0.25, 0.3) is 0 Å². The Morgan fingerprint density at radius 1 is 0.907 bits per heavy atom. The number of aromatic nitrogens is 6. The highest BCUT2D eigenvalue weighted by Crippen LogP contribution is 2.32. The molecule has 0 unspecified atom stereocenters. The zero-order chi connectivity index (χ0) is 29.9. The first kappa shape index (κ1) is 27.8. The predicted octanol–water partition coefficient (Wildman–Crippen LogP) is 6.94. The Bertz CT molecular complexity index is 1910. The van der Waals surface area contributed by atoms with Crippen molar-refractivity contribution in [2.75, 3.05) is 28.2 Å². The van der Waals surface area contributed by atoms with Gasteiger partial charge >= 0.3 is 0 Å². The number of anilines is 5. The monoisotopic (exact) mass is 571 g/mol. The lowest BCUT2D eigenvalue weighted by Gasteiger charge is -2.33. The summed E-state index contributed by atoms with van der Waals surface area (Å²) in [5, 5.41) is 4.57. The van der Waals surface area contributed by atoms with Gasteiger partial charge in [0.15, 0.2) is 11.5 Å². The van der Waals surface area contributed by atoms with Crippen LogP contribution < -0.4 is 15.1 Å². The van der Waals surface area contributed by atoms with Crippen molar-refractivity contribution in [2.24, 2.45) is 0 Å². The maximum atomic E-state index is 12.5. The van der Waals surface area contributed by atoms with Crippen LogP contribution in [0.2, 0.25) is 0 Å². The smallest absolute Gasteiger partial charge is 0.228 e.